The lowest BCUT2D eigenvalue weighted by Gasteiger charge is -2.34. The lowest BCUT2D eigenvalue weighted by Crippen LogP contribution is -2.43. The number of carbonyl (C=O) groups is 2. The van der Waals surface area contributed by atoms with Crippen molar-refractivity contribution in [2.75, 3.05) is 43.8 Å². The first kappa shape index (κ1) is 37.6. The predicted molar refractivity (Wildman–Crippen MR) is 208 cm³/mol. The number of aromatic nitrogens is 6. The van der Waals surface area contributed by atoms with Gasteiger partial charge in [-0.2, -0.15) is 5.10 Å². The van der Waals surface area contributed by atoms with Crippen LogP contribution in [-0.2, 0) is 15.0 Å². The van der Waals surface area contributed by atoms with E-state index in [2.05, 4.69) is 32.3 Å². The molecule has 0 unspecified atom stereocenters. The quantitative estimate of drug-likeness (QED) is 0.115. The highest BCUT2D eigenvalue weighted by molar-refractivity contribution is 5.90. The van der Waals surface area contributed by atoms with Crippen molar-refractivity contribution in [3.8, 4) is 17.2 Å². The number of benzene rings is 1. The summed E-state index contributed by atoms with van der Waals surface area (Å²) in [5, 5.41) is 17.8. The zero-order valence-corrected chi connectivity index (χ0v) is 32.4. The normalized spacial score (nSPS) is 18.5. The minimum Gasteiger partial charge on any atom is -0.491 e. The van der Waals surface area contributed by atoms with E-state index in [0.717, 1.165) is 53.7 Å². The predicted octanol–water partition coefficient (Wildman–Crippen LogP) is 6.19. The number of nitrogens with zero attached hydrogens (tertiary/aromatic N) is 9. The standard InChI is InChI=1S/C40H50N10O5/c1-27-11-9-10-18-47(27)38-44-43-36-17-14-29(25-48(36)38)55-34-16-15-33(31-12-7-8-13-32(31)34)42-39(52)50(54-26-51)37-22-35(40(2,3)4)45-49(37)28-21-30(24-41-23-28)53-20-19-46(5)6/h7-8,12-14,17,21-27,33-34H,9-11,15-16,18-20H2,1-6H3,(H,42,52)/t27-,33-,34+/m0/s1. The number of hydrogen-bond acceptors (Lipinski definition) is 11. The number of carbonyl (C=O) groups excluding carboxylic acids is 2. The average molecular weight is 751 g/mol. The van der Waals surface area contributed by atoms with Crippen LogP contribution in [0.4, 0.5) is 16.6 Å². The fraction of sp³-hybridized carbons (Fsp3) is 0.450. The molecular weight excluding hydrogens is 701 g/mol. The van der Waals surface area contributed by atoms with Crippen molar-refractivity contribution >= 4 is 29.9 Å². The van der Waals surface area contributed by atoms with Crippen molar-refractivity contribution in [2.45, 2.75) is 83.4 Å². The van der Waals surface area contributed by atoms with Crippen LogP contribution in [0.2, 0.25) is 0 Å². The average Bonchev–Trinajstić information content (AvgIpc) is 3.80. The Kier molecular flexibility index (Phi) is 10.9. The number of anilines is 2. The first-order valence-corrected chi connectivity index (χ1v) is 18.9. The largest absolute Gasteiger partial charge is 0.491 e. The number of ether oxygens (including phenoxy) is 2. The van der Waals surface area contributed by atoms with E-state index in [4.69, 9.17) is 19.4 Å². The van der Waals surface area contributed by atoms with Gasteiger partial charge in [-0.15, -0.1) is 15.3 Å². The van der Waals surface area contributed by atoms with E-state index in [1.807, 2.05) is 86.8 Å². The van der Waals surface area contributed by atoms with Gasteiger partial charge < -0.3 is 29.4 Å². The first-order valence-electron chi connectivity index (χ1n) is 18.9. The van der Waals surface area contributed by atoms with Gasteiger partial charge in [-0.25, -0.2) is 9.48 Å². The Morgan fingerprint density at radius 2 is 1.82 bits per heavy atom. The molecule has 1 saturated heterocycles. The molecule has 15 nitrogen and oxygen atoms in total. The van der Waals surface area contributed by atoms with Crippen LogP contribution in [0.5, 0.6) is 11.5 Å². The minimum absolute atomic E-state index is 0.231. The molecule has 3 atom stereocenters. The highest BCUT2D eigenvalue weighted by atomic mass is 16.7. The van der Waals surface area contributed by atoms with Crippen LogP contribution in [-0.4, -0.2) is 86.6 Å². The number of fused-ring (bicyclic) bond motifs is 2. The number of urea groups is 1. The Morgan fingerprint density at radius 3 is 2.58 bits per heavy atom. The second kappa shape index (κ2) is 16.0. The van der Waals surface area contributed by atoms with Crippen LogP contribution in [0.25, 0.3) is 11.3 Å². The maximum atomic E-state index is 14.2. The number of amides is 2. The number of nitrogens with one attached hydrogen (secondary N) is 1. The van der Waals surface area contributed by atoms with Crippen molar-refractivity contribution in [3.63, 3.8) is 0 Å². The van der Waals surface area contributed by atoms with E-state index in [1.165, 1.54) is 11.1 Å². The Morgan fingerprint density at radius 1 is 1.00 bits per heavy atom. The van der Waals surface area contributed by atoms with Crippen molar-refractivity contribution in [1.82, 2.24) is 39.6 Å². The van der Waals surface area contributed by atoms with Gasteiger partial charge in [0.2, 0.25) is 5.95 Å². The third kappa shape index (κ3) is 8.21. The maximum Gasteiger partial charge on any atom is 0.357 e. The summed E-state index contributed by atoms with van der Waals surface area (Å²) in [6.45, 7) is 10.7. The molecule has 1 aromatic carbocycles. The molecule has 2 aliphatic rings. The van der Waals surface area contributed by atoms with Gasteiger partial charge in [0.05, 0.1) is 36.0 Å². The number of hydrogen-bond donors (Lipinski definition) is 1. The maximum absolute atomic E-state index is 14.2. The van der Waals surface area contributed by atoms with Crippen LogP contribution in [0.15, 0.2) is 67.1 Å². The number of likely N-dealkylation sites (N-methyl/N-ethyl adjacent to an activating group) is 1. The summed E-state index contributed by atoms with van der Waals surface area (Å²) in [6.07, 6.45) is 9.63. The monoisotopic (exact) mass is 750 g/mol. The number of pyridine rings is 2. The highest BCUT2D eigenvalue weighted by Crippen LogP contribution is 2.39. The molecule has 0 spiro atoms. The lowest BCUT2D eigenvalue weighted by atomic mass is 9.85. The number of rotatable bonds is 12. The van der Waals surface area contributed by atoms with Crippen molar-refractivity contribution in [1.29, 1.82) is 0 Å². The van der Waals surface area contributed by atoms with Crippen molar-refractivity contribution in [2.24, 2.45) is 0 Å². The fourth-order valence-electron chi connectivity index (χ4n) is 7.18. The summed E-state index contributed by atoms with van der Waals surface area (Å²) < 4.78 is 16.1. The lowest BCUT2D eigenvalue weighted by molar-refractivity contribution is -0.129. The minimum atomic E-state index is -0.628. The summed E-state index contributed by atoms with van der Waals surface area (Å²) >= 11 is 0. The van der Waals surface area contributed by atoms with Crippen LogP contribution < -0.4 is 24.8 Å². The topological polar surface area (TPSA) is 144 Å². The Bertz CT molecular complexity index is 2120. The van der Waals surface area contributed by atoms with E-state index in [9.17, 15) is 9.59 Å². The molecule has 4 aromatic heterocycles. The van der Waals surface area contributed by atoms with E-state index >= 15 is 0 Å². The molecule has 0 saturated carbocycles. The molecule has 1 aliphatic carbocycles. The van der Waals surface area contributed by atoms with Gasteiger partial charge in [-0.1, -0.05) is 45.0 Å². The van der Waals surface area contributed by atoms with Gasteiger partial charge in [-0.3, -0.25) is 14.2 Å². The third-order valence-corrected chi connectivity index (χ3v) is 10.2. The molecule has 55 heavy (non-hydrogen) atoms. The van der Waals surface area contributed by atoms with Gasteiger partial charge in [0.1, 0.15) is 24.2 Å². The zero-order chi connectivity index (χ0) is 38.7. The van der Waals surface area contributed by atoms with E-state index in [0.29, 0.717) is 48.4 Å². The summed E-state index contributed by atoms with van der Waals surface area (Å²) in [5.41, 5.74) is 3.47. The van der Waals surface area contributed by atoms with Gasteiger partial charge in [-0.05, 0) is 76.4 Å². The van der Waals surface area contributed by atoms with E-state index in [-0.39, 0.29) is 29.9 Å². The van der Waals surface area contributed by atoms with Gasteiger partial charge in [0.15, 0.2) is 11.5 Å². The van der Waals surface area contributed by atoms with Crippen LogP contribution >= 0.6 is 0 Å². The number of hydroxylamine groups is 1. The smallest absolute Gasteiger partial charge is 0.357 e. The van der Waals surface area contributed by atoms with E-state index < -0.39 is 6.03 Å². The molecule has 2 amide bonds. The second-order valence-corrected chi connectivity index (χ2v) is 15.5. The Hall–Kier alpha value is -5.70. The molecule has 5 aromatic rings. The van der Waals surface area contributed by atoms with Gasteiger partial charge >= 0.3 is 12.5 Å². The summed E-state index contributed by atoms with van der Waals surface area (Å²) in [6, 6.07) is 14.7. The Balaban J connectivity index is 1.13. The molecular formula is C40H50N10O5. The molecule has 290 valence electrons. The molecule has 15 heteroatoms. The van der Waals surface area contributed by atoms with E-state index in [1.54, 1.807) is 24.5 Å². The van der Waals surface area contributed by atoms with Crippen molar-refractivity contribution < 1.29 is 23.9 Å². The Labute approximate surface area is 321 Å². The fourth-order valence-corrected chi connectivity index (χ4v) is 7.18. The number of piperidine rings is 1. The molecule has 1 fully saturated rings. The molecule has 1 aliphatic heterocycles. The third-order valence-electron chi connectivity index (χ3n) is 10.2. The molecule has 5 heterocycles. The van der Waals surface area contributed by atoms with Crippen LogP contribution in [0.1, 0.15) is 88.8 Å². The van der Waals surface area contributed by atoms with Crippen LogP contribution in [0.3, 0.4) is 0 Å². The first-order chi connectivity index (χ1) is 26.5. The van der Waals surface area contributed by atoms with Crippen LogP contribution in [0, 0.1) is 0 Å². The van der Waals surface area contributed by atoms with Crippen molar-refractivity contribution in [3.05, 3.63) is 83.9 Å². The summed E-state index contributed by atoms with van der Waals surface area (Å²) in [5.74, 6) is 2.31. The van der Waals surface area contributed by atoms with Gasteiger partial charge in [0, 0.05) is 36.7 Å². The molecule has 7 rings (SSSR count). The van der Waals surface area contributed by atoms with Gasteiger partial charge in [0.25, 0.3) is 0 Å². The molecule has 0 bridgehead atoms. The highest BCUT2D eigenvalue weighted by Gasteiger charge is 2.34. The summed E-state index contributed by atoms with van der Waals surface area (Å²) in [4.78, 5) is 40.2. The summed E-state index contributed by atoms with van der Waals surface area (Å²) in [7, 11) is 3.94. The molecule has 1 N–H and O–H groups in total. The SMILES string of the molecule is C[C@H]1CCCCN1c1nnc2ccc(O[C@@H]3CC[C@H](NC(=O)N(OC=O)c4cc(C(C)(C)C)nn4-c4cncc(OCCN(C)C)c4)c4ccccc43)cn12. The second-order valence-electron chi connectivity index (χ2n) is 15.5. The molecule has 0 radical (unpaired) electrons. The zero-order valence-electron chi connectivity index (χ0n) is 32.4.